The summed E-state index contributed by atoms with van der Waals surface area (Å²) in [5.74, 6) is 2.17. The molecule has 0 spiro atoms. The molecule has 2 heterocycles. The Bertz CT molecular complexity index is 900. The Hall–Kier alpha value is -2.17. The predicted octanol–water partition coefficient (Wildman–Crippen LogP) is 2.27. The van der Waals surface area contributed by atoms with E-state index in [1.807, 2.05) is 24.7 Å². The quantitative estimate of drug-likeness (QED) is 0.303. The molecule has 0 aliphatic heterocycles. The standard InChI is InChI=1S/C17H22FN7.HI/c1-11-23-24-16(25(11)3)10-22-17(19-2)20-7-6-12-9-21-15-5-4-13(18)8-14(12)15;/h4-5,8-9,21H,6-7,10H2,1-3H3,(H2,19,20,22);1H. The van der Waals surface area contributed by atoms with E-state index in [4.69, 9.17) is 0 Å². The summed E-state index contributed by atoms with van der Waals surface area (Å²) in [4.78, 5) is 7.37. The fourth-order valence-electron chi connectivity index (χ4n) is 2.66. The van der Waals surface area contributed by atoms with Crippen LogP contribution in [0.1, 0.15) is 17.2 Å². The first-order valence-corrected chi connectivity index (χ1v) is 8.13. The third-order valence-electron chi connectivity index (χ3n) is 4.24. The summed E-state index contributed by atoms with van der Waals surface area (Å²) in [5.41, 5.74) is 2.01. The highest BCUT2D eigenvalue weighted by Crippen LogP contribution is 2.19. The number of benzene rings is 1. The van der Waals surface area contributed by atoms with Crippen molar-refractivity contribution in [3.63, 3.8) is 0 Å². The molecule has 3 aromatic rings. The molecular formula is C17H23FIN7. The maximum Gasteiger partial charge on any atom is 0.191 e. The van der Waals surface area contributed by atoms with Gasteiger partial charge >= 0.3 is 0 Å². The van der Waals surface area contributed by atoms with Crippen LogP contribution in [0, 0.1) is 12.7 Å². The lowest BCUT2D eigenvalue weighted by Gasteiger charge is -2.11. The number of aliphatic imine (C=N–C) groups is 1. The van der Waals surface area contributed by atoms with Gasteiger partial charge in [0, 0.05) is 37.7 Å². The second-order valence-corrected chi connectivity index (χ2v) is 5.83. The Morgan fingerprint density at radius 3 is 2.81 bits per heavy atom. The molecule has 0 saturated carbocycles. The van der Waals surface area contributed by atoms with Crippen LogP contribution in [0.4, 0.5) is 4.39 Å². The molecule has 0 bridgehead atoms. The first-order chi connectivity index (χ1) is 12.1. The van der Waals surface area contributed by atoms with Crippen LogP contribution in [0.5, 0.6) is 0 Å². The number of guanidine groups is 1. The number of nitrogens with one attached hydrogen (secondary N) is 3. The van der Waals surface area contributed by atoms with Gasteiger partial charge < -0.3 is 20.2 Å². The van der Waals surface area contributed by atoms with Crippen LogP contribution in [-0.2, 0) is 20.0 Å². The highest BCUT2D eigenvalue weighted by Gasteiger charge is 2.07. The van der Waals surface area contributed by atoms with Crippen LogP contribution in [0.25, 0.3) is 10.9 Å². The largest absolute Gasteiger partial charge is 0.361 e. The number of hydrogen-bond donors (Lipinski definition) is 3. The number of hydrogen-bond acceptors (Lipinski definition) is 3. The van der Waals surface area contributed by atoms with Crippen molar-refractivity contribution < 1.29 is 4.39 Å². The third-order valence-corrected chi connectivity index (χ3v) is 4.24. The summed E-state index contributed by atoms with van der Waals surface area (Å²) in [6, 6.07) is 4.77. The highest BCUT2D eigenvalue weighted by atomic mass is 127. The van der Waals surface area contributed by atoms with E-state index in [0.29, 0.717) is 19.0 Å². The van der Waals surface area contributed by atoms with E-state index in [9.17, 15) is 4.39 Å². The van der Waals surface area contributed by atoms with E-state index < -0.39 is 0 Å². The Labute approximate surface area is 168 Å². The number of aromatic nitrogens is 4. The summed E-state index contributed by atoms with van der Waals surface area (Å²) in [7, 11) is 3.65. The minimum Gasteiger partial charge on any atom is -0.361 e. The molecule has 140 valence electrons. The summed E-state index contributed by atoms with van der Waals surface area (Å²) in [5, 5.41) is 15.5. The van der Waals surface area contributed by atoms with Crippen LogP contribution in [0.3, 0.4) is 0 Å². The van der Waals surface area contributed by atoms with Crippen LogP contribution in [0.15, 0.2) is 29.4 Å². The molecule has 0 fully saturated rings. The highest BCUT2D eigenvalue weighted by molar-refractivity contribution is 14.0. The zero-order valence-corrected chi connectivity index (χ0v) is 17.3. The van der Waals surface area contributed by atoms with Crippen LogP contribution < -0.4 is 10.6 Å². The van der Waals surface area contributed by atoms with Crippen LogP contribution in [0.2, 0.25) is 0 Å². The van der Waals surface area contributed by atoms with Crippen molar-refractivity contribution in [1.82, 2.24) is 30.4 Å². The molecule has 9 heteroatoms. The molecule has 7 nitrogen and oxygen atoms in total. The summed E-state index contributed by atoms with van der Waals surface area (Å²) in [6.45, 7) is 3.13. The van der Waals surface area contributed by atoms with Crippen molar-refractivity contribution in [2.45, 2.75) is 19.9 Å². The zero-order chi connectivity index (χ0) is 17.8. The van der Waals surface area contributed by atoms with Crippen molar-refractivity contribution in [1.29, 1.82) is 0 Å². The average Bonchev–Trinajstić information content (AvgIpc) is 3.15. The molecule has 0 aliphatic rings. The lowest BCUT2D eigenvalue weighted by atomic mass is 10.1. The Morgan fingerprint density at radius 1 is 1.31 bits per heavy atom. The molecule has 0 amide bonds. The minimum absolute atomic E-state index is 0. The second kappa shape index (κ2) is 8.97. The number of aryl methyl sites for hydroxylation is 1. The lowest BCUT2D eigenvalue weighted by Crippen LogP contribution is -2.38. The fraction of sp³-hybridized carbons (Fsp3) is 0.353. The normalized spacial score (nSPS) is 11.5. The van der Waals surface area contributed by atoms with Gasteiger partial charge in [-0.3, -0.25) is 4.99 Å². The zero-order valence-electron chi connectivity index (χ0n) is 15.0. The number of aromatic amines is 1. The van der Waals surface area contributed by atoms with E-state index in [1.54, 1.807) is 19.2 Å². The predicted molar refractivity (Wildman–Crippen MR) is 111 cm³/mol. The lowest BCUT2D eigenvalue weighted by molar-refractivity contribution is 0.629. The van der Waals surface area contributed by atoms with Gasteiger partial charge in [-0.05, 0) is 37.1 Å². The molecule has 0 unspecified atom stereocenters. The van der Waals surface area contributed by atoms with Gasteiger partial charge in [0.25, 0.3) is 0 Å². The maximum atomic E-state index is 13.4. The maximum absolute atomic E-state index is 13.4. The van der Waals surface area contributed by atoms with E-state index in [2.05, 4.69) is 30.8 Å². The number of nitrogens with zero attached hydrogens (tertiary/aromatic N) is 4. The number of rotatable bonds is 5. The molecule has 3 rings (SSSR count). The molecule has 2 aromatic heterocycles. The summed E-state index contributed by atoms with van der Waals surface area (Å²) >= 11 is 0. The summed E-state index contributed by atoms with van der Waals surface area (Å²) in [6.07, 6.45) is 2.68. The van der Waals surface area contributed by atoms with Gasteiger partial charge in [-0.1, -0.05) is 0 Å². The average molecular weight is 471 g/mol. The van der Waals surface area contributed by atoms with E-state index in [0.717, 1.165) is 34.5 Å². The molecular weight excluding hydrogens is 448 g/mol. The Kier molecular flexibility index (Phi) is 6.95. The van der Waals surface area contributed by atoms with Gasteiger partial charge in [-0.2, -0.15) is 0 Å². The SMILES string of the molecule is CN=C(NCCc1c[nH]c2ccc(F)cc12)NCc1nnc(C)n1C.I. The first kappa shape index (κ1) is 20.1. The van der Waals surface area contributed by atoms with E-state index in [1.165, 1.54) is 6.07 Å². The van der Waals surface area contributed by atoms with E-state index >= 15 is 0 Å². The molecule has 0 saturated heterocycles. The van der Waals surface area contributed by atoms with Gasteiger partial charge in [0.05, 0.1) is 6.54 Å². The molecule has 0 radical (unpaired) electrons. The van der Waals surface area contributed by atoms with Gasteiger partial charge in [0.1, 0.15) is 11.6 Å². The molecule has 0 aliphatic carbocycles. The van der Waals surface area contributed by atoms with Crippen molar-refractivity contribution in [3.8, 4) is 0 Å². The van der Waals surface area contributed by atoms with Gasteiger partial charge in [0.15, 0.2) is 11.8 Å². The number of fused-ring (bicyclic) bond motifs is 1. The smallest absolute Gasteiger partial charge is 0.191 e. The van der Waals surface area contributed by atoms with Gasteiger partial charge in [-0.15, -0.1) is 34.2 Å². The topological polar surface area (TPSA) is 82.9 Å². The van der Waals surface area contributed by atoms with Crippen molar-refractivity contribution in [3.05, 3.63) is 47.4 Å². The molecule has 26 heavy (non-hydrogen) atoms. The Morgan fingerprint density at radius 2 is 2.12 bits per heavy atom. The number of H-pyrrole nitrogens is 1. The van der Waals surface area contributed by atoms with Gasteiger partial charge in [-0.25, -0.2) is 4.39 Å². The molecule has 1 aromatic carbocycles. The minimum atomic E-state index is -0.224. The van der Waals surface area contributed by atoms with Crippen LogP contribution >= 0.6 is 24.0 Å². The number of halogens is 2. The monoisotopic (exact) mass is 471 g/mol. The fourth-order valence-corrected chi connectivity index (χ4v) is 2.66. The summed E-state index contributed by atoms with van der Waals surface area (Å²) < 4.78 is 15.4. The third kappa shape index (κ3) is 4.51. The molecule has 3 N–H and O–H groups in total. The van der Waals surface area contributed by atoms with Crippen LogP contribution in [-0.4, -0.2) is 39.3 Å². The first-order valence-electron chi connectivity index (χ1n) is 8.13. The second-order valence-electron chi connectivity index (χ2n) is 5.83. The van der Waals surface area contributed by atoms with Gasteiger partial charge in [0.2, 0.25) is 0 Å². The Balaban J connectivity index is 0.00000243. The molecule has 0 atom stereocenters. The van der Waals surface area contributed by atoms with E-state index in [-0.39, 0.29) is 29.8 Å². The van der Waals surface area contributed by atoms with Crippen molar-refractivity contribution >= 4 is 40.8 Å². The van der Waals surface area contributed by atoms with Crippen molar-refractivity contribution in [2.24, 2.45) is 12.0 Å². The van der Waals surface area contributed by atoms with Crippen molar-refractivity contribution in [2.75, 3.05) is 13.6 Å².